The second-order valence-electron chi connectivity index (χ2n) is 9.28. The van der Waals surface area contributed by atoms with Crippen LogP contribution in [0.1, 0.15) is 57.9 Å². The number of hydrogen-bond acceptors (Lipinski definition) is 3. The number of amides is 2. The molecule has 0 radical (unpaired) electrons. The molecule has 2 aliphatic carbocycles. The van der Waals surface area contributed by atoms with Crippen molar-refractivity contribution in [3.63, 3.8) is 0 Å². The molecule has 0 bridgehead atoms. The summed E-state index contributed by atoms with van der Waals surface area (Å²) < 4.78 is 5.26. The average Bonchev–Trinajstić information content (AvgIpc) is 3.22. The molecule has 1 aromatic carbocycles. The molecule has 1 spiro atoms. The average molecular weight is 385 g/mol. The predicted octanol–water partition coefficient (Wildman–Crippen LogP) is 3.27. The maximum Gasteiger partial charge on any atom is 0.233 e. The molecule has 2 saturated carbocycles. The summed E-state index contributed by atoms with van der Waals surface area (Å²) in [4.78, 5) is 28.5. The lowest BCUT2D eigenvalue weighted by Crippen LogP contribution is -2.42. The van der Waals surface area contributed by atoms with Gasteiger partial charge in [-0.25, -0.2) is 0 Å². The highest BCUT2D eigenvalue weighted by molar-refractivity contribution is 5.92. The van der Waals surface area contributed by atoms with Gasteiger partial charge in [0.15, 0.2) is 0 Å². The van der Waals surface area contributed by atoms with Crippen molar-refractivity contribution in [3.05, 3.63) is 29.8 Å². The maximum atomic E-state index is 13.6. The summed E-state index contributed by atoms with van der Waals surface area (Å²) in [5.41, 5.74) is 0.661. The lowest BCUT2D eigenvalue weighted by atomic mass is 9.76. The maximum absolute atomic E-state index is 13.6. The molecule has 1 aliphatic heterocycles. The zero-order valence-electron chi connectivity index (χ0n) is 17.3. The number of likely N-dealkylation sites (tertiary alicyclic amines) is 1. The Morgan fingerprint density at radius 1 is 1.11 bits per heavy atom. The Hall–Kier alpha value is -2.04. The molecular weight excluding hydrogens is 352 g/mol. The van der Waals surface area contributed by atoms with Gasteiger partial charge in [0.05, 0.1) is 18.4 Å². The third-order valence-electron chi connectivity index (χ3n) is 7.08. The zero-order chi connectivity index (χ0) is 19.9. The third kappa shape index (κ3) is 3.19. The number of nitrogens with one attached hydrogen (secondary N) is 1. The van der Waals surface area contributed by atoms with Gasteiger partial charge in [-0.1, -0.05) is 25.0 Å². The Balaban J connectivity index is 1.55. The van der Waals surface area contributed by atoms with E-state index in [0.29, 0.717) is 6.54 Å². The number of hydrogen-bond donors (Lipinski definition) is 1. The Morgan fingerprint density at radius 2 is 1.75 bits per heavy atom. The Kier molecular flexibility index (Phi) is 4.88. The van der Waals surface area contributed by atoms with Gasteiger partial charge in [-0.2, -0.15) is 0 Å². The molecule has 5 heteroatoms. The second kappa shape index (κ2) is 7.09. The molecule has 5 nitrogen and oxygen atoms in total. The molecule has 3 aliphatic rings. The van der Waals surface area contributed by atoms with Crippen molar-refractivity contribution in [3.8, 4) is 5.75 Å². The highest BCUT2D eigenvalue weighted by Crippen LogP contribution is 2.54. The largest absolute Gasteiger partial charge is 0.497 e. The SMILES string of the molecule is COc1ccc(C2(C(=O)N3CC(C(=O)NC(C)C)C4(CCCC4)C3)CC2)cc1. The monoisotopic (exact) mass is 384 g/mol. The summed E-state index contributed by atoms with van der Waals surface area (Å²) in [6, 6.07) is 8.04. The summed E-state index contributed by atoms with van der Waals surface area (Å²) in [6.45, 7) is 5.30. The highest BCUT2D eigenvalue weighted by atomic mass is 16.5. The fourth-order valence-corrected chi connectivity index (χ4v) is 5.42. The smallest absolute Gasteiger partial charge is 0.233 e. The molecule has 1 unspecified atom stereocenters. The van der Waals surface area contributed by atoms with E-state index >= 15 is 0 Å². The molecule has 1 N–H and O–H groups in total. The zero-order valence-corrected chi connectivity index (χ0v) is 17.3. The first kappa shape index (κ1) is 19.3. The lowest BCUT2D eigenvalue weighted by Gasteiger charge is -2.29. The summed E-state index contributed by atoms with van der Waals surface area (Å²) in [5, 5.41) is 3.10. The van der Waals surface area contributed by atoms with Gasteiger partial charge in [0.2, 0.25) is 11.8 Å². The molecule has 28 heavy (non-hydrogen) atoms. The van der Waals surface area contributed by atoms with E-state index in [1.807, 2.05) is 43.0 Å². The van der Waals surface area contributed by atoms with E-state index in [1.54, 1.807) is 7.11 Å². The fraction of sp³-hybridized carbons (Fsp3) is 0.652. The van der Waals surface area contributed by atoms with E-state index in [9.17, 15) is 9.59 Å². The number of nitrogens with zero attached hydrogens (tertiary/aromatic N) is 1. The van der Waals surface area contributed by atoms with Crippen molar-refractivity contribution in [1.29, 1.82) is 0 Å². The number of ether oxygens (including phenoxy) is 1. The first-order valence-corrected chi connectivity index (χ1v) is 10.6. The number of benzene rings is 1. The van der Waals surface area contributed by atoms with Crippen LogP contribution in [-0.2, 0) is 15.0 Å². The summed E-state index contributed by atoms with van der Waals surface area (Å²) in [5.74, 6) is 1.07. The summed E-state index contributed by atoms with van der Waals surface area (Å²) in [6.07, 6.45) is 6.23. The van der Waals surface area contributed by atoms with Crippen LogP contribution in [0.2, 0.25) is 0 Å². The Labute approximate surface area is 167 Å². The highest BCUT2D eigenvalue weighted by Gasteiger charge is 2.58. The standard InChI is InChI=1S/C23H32N2O3/c1-16(2)24-20(26)19-14-25(15-22(19)10-4-5-11-22)21(27)23(12-13-23)17-6-8-18(28-3)9-7-17/h6-9,16,19H,4-5,10-15H2,1-3H3,(H,24,26). The van der Waals surface area contributed by atoms with Crippen molar-refractivity contribution in [1.82, 2.24) is 10.2 Å². The van der Waals surface area contributed by atoms with Gasteiger partial charge in [0.1, 0.15) is 5.75 Å². The third-order valence-corrected chi connectivity index (χ3v) is 7.08. The van der Waals surface area contributed by atoms with Gasteiger partial charge in [-0.15, -0.1) is 0 Å². The van der Waals surface area contributed by atoms with E-state index in [2.05, 4.69) is 5.32 Å². The minimum atomic E-state index is -0.393. The Bertz CT molecular complexity index is 746. The first-order valence-electron chi connectivity index (χ1n) is 10.6. The molecule has 1 aromatic rings. The number of rotatable bonds is 5. The van der Waals surface area contributed by atoms with E-state index in [1.165, 1.54) is 0 Å². The number of methoxy groups -OCH3 is 1. The number of carbonyl (C=O) groups excluding carboxylic acids is 2. The molecule has 3 fully saturated rings. The van der Waals surface area contributed by atoms with Crippen LogP contribution < -0.4 is 10.1 Å². The van der Waals surface area contributed by atoms with Crippen LogP contribution in [0.3, 0.4) is 0 Å². The van der Waals surface area contributed by atoms with Crippen LogP contribution in [0, 0.1) is 11.3 Å². The molecular formula is C23H32N2O3. The predicted molar refractivity (Wildman–Crippen MR) is 108 cm³/mol. The van der Waals surface area contributed by atoms with Gasteiger partial charge in [-0.05, 0) is 57.2 Å². The Morgan fingerprint density at radius 3 is 2.29 bits per heavy atom. The molecule has 1 heterocycles. The van der Waals surface area contributed by atoms with Gasteiger partial charge in [0, 0.05) is 24.5 Å². The van der Waals surface area contributed by atoms with Gasteiger partial charge in [0.25, 0.3) is 0 Å². The minimum Gasteiger partial charge on any atom is -0.497 e. The second-order valence-corrected chi connectivity index (χ2v) is 9.28. The summed E-state index contributed by atoms with van der Waals surface area (Å²) in [7, 11) is 1.65. The molecule has 4 rings (SSSR count). The number of carbonyl (C=O) groups is 2. The molecule has 152 valence electrons. The molecule has 1 atom stereocenters. The van der Waals surface area contributed by atoms with Crippen LogP contribution in [0.15, 0.2) is 24.3 Å². The van der Waals surface area contributed by atoms with Crippen LogP contribution in [0.5, 0.6) is 5.75 Å². The fourth-order valence-electron chi connectivity index (χ4n) is 5.42. The first-order chi connectivity index (χ1) is 13.4. The van der Waals surface area contributed by atoms with Crippen LogP contribution in [0.4, 0.5) is 0 Å². The molecule has 2 amide bonds. The van der Waals surface area contributed by atoms with Crippen LogP contribution in [0.25, 0.3) is 0 Å². The van der Waals surface area contributed by atoms with E-state index in [-0.39, 0.29) is 29.2 Å². The van der Waals surface area contributed by atoms with E-state index in [4.69, 9.17) is 4.74 Å². The quantitative estimate of drug-likeness (QED) is 0.848. The van der Waals surface area contributed by atoms with Crippen LogP contribution >= 0.6 is 0 Å². The molecule has 1 saturated heterocycles. The summed E-state index contributed by atoms with van der Waals surface area (Å²) >= 11 is 0. The van der Waals surface area contributed by atoms with E-state index < -0.39 is 5.41 Å². The lowest BCUT2D eigenvalue weighted by molar-refractivity contribution is -0.133. The van der Waals surface area contributed by atoms with Crippen LogP contribution in [-0.4, -0.2) is 43.0 Å². The van der Waals surface area contributed by atoms with Gasteiger partial charge < -0.3 is 15.0 Å². The normalized spacial score (nSPS) is 24.6. The minimum absolute atomic E-state index is 0.0232. The molecule has 0 aromatic heterocycles. The topological polar surface area (TPSA) is 58.6 Å². The van der Waals surface area contributed by atoms with Crippen molar-refractivity contribution in [2.45, 2.75) is 63.8 Å². The van der Waals surface area contributed by atoms with Crippen molar-refractivity contribution >= 4 is 11.8 Å². The van der Waals surface area contributed by atoms with Gasteiger partial charge in [-0.3, -0.25) is 9.59 Å². The van der Waals surface area contributed by atoms with E-state index in [0.717, 1.165) is 56.4 Å². The van der Waals surface area contributed by atoms with Crippen molar-refractivity contribution in [2.24, 2.45) is 11.3 Å². The van der Waals surface area contributed by atoms with Crippen molar-refractivity contribution < 1.29 is 14.3 Å². The van der Waals surface area contributed by atoms with Gasteiger partial charge >= 0.3 is 0 Å². The van der Waals surface area contributed by atoms with Crippen molar-refractivity contribution in [2.75, 3.05) is 20.2 Å².